The van der Waals surface area contributed by atoms with Crippen LogP contribution in [0.1, 0.15) is 44.1 Å². The number of rotatable bonds is 27. The van der Waals surface area contributed by atoms with E-state index in [2.05, 4.69) is 21.1 Å². The van der Waals surface area contributed by atoms with Gasteiger partial charge in [-0.2, -0.15) is 0 Å². The summed E-state index contributed by atoms with van der Waals surface area (Å²) in [6.45, 7) is 6.33. The Bertz CT molecular complexity index is 635. The highest BCUT2D eigenvalue weighted by Gasteiger charge is 2.16. The molecule has 0 aliphatic rings. The molecule has 0 bridgehead atoms. The normalized spacial score (nSPS) is 13.6. The average molecular weight is 563 g/mol. The third-order valence-corrected chi connectivity index (χ3v) is 6.37. The standard InChI is InChI=1S/C28H53NO8P/c1-29(2,3)16-19-36-38(30)37-26-28(35-24-27-14-10-9-11-15-27)25-34-18-13-8-6-5-7-12-17-32-22-23-33-21-20-31-4/h9-11,14-15,28,30H,5-8,12-13,16-26H2,1-4H3/q+1. The Balaban J connectivity index is 2.11. The monoisotopic (exact) mass is 562 g/mol. The van der Waals surface area contributed by atoms with Gasteiger partial charge in [-0.15, -0.1) is 0 Å². The number of hydrogen-bond acceptors (Lipinski definition) is 8. The van der Waals surface area contributed by atoms with Gasteiger partial charge in [0.05, 0.1) is 67.4 Å². The minimum Gasteiger partial charge on any atom is -0.382 e. The van der Waals surface area contributed by atoms with E-state index in [9.17, 15) is 4.89 Å². The molecule has 1 aromatic rings. The summed E-state index contributed by atoms with van der Waals surface area (Å²) < 4.78 is 39.5. The minimum absolute atomic E-state index is 0.223. The van der Waals surface area contributed by atoms with Crippen LogP contribution in [0, 0.1) is 0 Å². The van der Waals surface area contributed by atoms with Gasteiger partial charge < -0.3 is 42.1 Å². The van der Waals surface area contributed by atoms with Crippen LogP contribution in [0.3, 0.4) is 0 Å². The van der Waals surface area contributed by atoms with E-state index < -0.39 is 8.60 Å². The topological polar surface area (TPSA) is 84.8 Å². The molecule has 0 spiro atoms. The van der Waals surface area contributed by atoms with Crippen LogP contribution in [0.5, 0.6) is 0 Å². The maximum atomic E-state index is 10.1. The molecule has 0 saturated heterocycles. The zero-order chi connectivity index (χ0) is 27.7. The lowest BCUT2D eigenvalue weighted by molar-refractivity contribution is -0.870. The van der Waals surface area contributed by atoms with Crippen LogP contribution in [-0.2, 0) is 39.3 Å². The van der Waals surface area contributed by atoms with Crippen molar-refractivity contribution < 1.29 is 42.1 Å². The SMILES string of the molecule is COCCOCCOCCCCCCCCOCC(COP(O)OCC[N+](C)(C)C)OCc1ccccc1. The number of hydrogen-bond donors (Lipinski definition) is 1. The number of likely N-dealkylation sites (N-methyl/N-ethyl adjacent to an activating group) is 1. The summed E-state index contributed by atoms with van der Waals surface area (Å²) in [6, 6.07) is 10.0. The van der Waals surface area contributed by atoms with Crippen molar-refractivity contribution in [2.24, 2.45) is 0 Å². The number of quaternary nitrogens is 1. The van der Waals surface area contributed by atoms with Gasteiger partial charge in [0, 0.05) is 20.3 Å². The van der Waals surface area contributed by atoms with Gasteiger partial charge in [-0.25, -0.2) is 0 Å². The largest absolute Gasteiger partial charge is 0.382 e. The fourth-order valence-electron chi connectivity index (χ4n) is 3.30. The number of methoxy groups -OCH3 is 1. The number of nitrogens with zero attached hydrogens (tertiary/aromatic N) is 1. The van der Waals surface area contributed by atoms with E-state index in [0.717, 1.165) is 42.5 Å². The van der Waals surface area contributed by atoms with Crippen LogP contribution in [0.2, 0.25) is 0 Å². The summed E-state index contributed by atoms with van der Waals surface area (Å²) in [4.78, 5) is 10.1. The quantitative estimate of drug-likeness (QED) is 0.0949. The van der Waals surface area contributed by atoms with E-state index in [1.165, 1.54) is 19.3 Å². The first-order valence-electron chi connectivity index (χ1n) is 13.8. The molecule has 222 valence electrons. The van der Waals surface area contributed by atoms with Crippen molar-refractivity contribution in [2.45, 2.75) is 51.2 Å². The molecule has 0 amide bonds. The third-order valence-electron chi connectivity index (χ3n) is 5.60. The molecule has 2 atom stereocenters. The summed E-state index contributed by atoms with van der Waals surface area (Å²) in [7, 11) is 5.97. The lowest BCUT2D eigenvalue weighted by Gasteiger charge is -2.24. The molecule has 9 nitrogen and oxygen atoms in total. The predicted molar refractivity (Wildman–Crippen MR) is 151 cm³/mol. The molecule has 1 aromatic carbocycles. The molecular formula is C28H53NO8P+. The smallest absolute Gasteiger partial charge is 0.330 e. The van der Waals surface area contributed by atoms with E-state index in [4.69, 9.17) is 32.7 Å². The molecule has 38 heavy (non-hydrogen) atoms. The lowest BCUT2D eigenvalue weighted by atomic mass is 10.1. The van der Waals surface area contributed by atoms with Gasteiger partial charge >= 0.3 is 8.60 Å². The Hall–Kier alpha value is -0.710. The Kier molecular flexibility index (Phi) is 22.4. The fraction of sp³-hybridized carbons (Fsp3) is 0.786. The van der Waals surface area contributed by atoms with Gasteiger partial charge in [0.15, 0.2) is 0 Å². The van der Waals surface area contributed by atoms with Crippen LogP contribution in [0.4, 0.5) is 0 Å². The molecule has 0 radical (unpaired) electrons. The van der Waals surface area contributed by atoms with Crippen LogP contribution in [0.15, 0.2) is 30.3 Å². The van der Waals surface area contributed by atoms with Gasteiger partial charge in [0.25, 0.3) is 0 Å². The zero-order valence-electron chi connectivity index (χ0n) is 24.2. The maximum Gasteiger partial charge on any atom is 0.330 e. The van der Waals surface area contributed by atoms with E-state index in [-0.39, 0.29) is 12.7 Å². The van der Waals surface area contributed by atoms with E-state index in [1.807, 2.05) is 30.3 Å². The van der Waals surface area contributed by atoms with Crippen LogP contribution in [-0.4, -0.2) is 110 Å². The van der Waals surface area contributed by atoms with Crippen LogP contribution < -0.4 is 0 Å². The van der Waals surface area contributed by atoms with Crippen molar-refractivity contribution in [3.63, 3.8) is 0 Å². The van der Waals surface area contributed by atoms with E-state index in [0.29, 0.717) is 52.9 Å². The first-order valence-corrected chi connectivity index (χ1v) is 15.0. The van der Waals surface area contributed by atoms with Crippen molar-refractivity contribution in [2.75, 3.05) is 94.3 Å². The second-order valence-electron chi connectivity index (χ2n) is 10.2. The Morgan fingerprint density at radius 3 is 1.97 bits per heavy atom. The van der Waals surface area contributed by atoms with E-state index >= 15 is 0 Å². The molecule has 0 aromatic heterocycles. The Morgan fingerprint density at radius 1 is 0.711 bits per heavy atom. The molecule has 1 N–H and O–H groups in total. The summed E-state index contributed by atoms with van der Waals surface area (Å²) in [5.41, 5.74) is 1.09. The van der Waals surface area contributed by atoms with Crippen molar-refractivity contribution in [3.8, 4) is 0 Å². The van der Waals surface area contributed by atoms with Gasteiger partial charge in [0.2, 0.25) is 0 Å². The van der Waals surface area contributed by atoms with Crippen molar-refractivity contribution in [1.29, 1.82) is 0 Å². The minimum atomic E-state index is -1.94. The average Bonchev–Trinajstić information content (AvgIpc) is 2.89. The highest BCUT2D eigenvalue weighted by atomic mass is 31.2. The molecule has 0 aliphatic heterocycles. The zero-order valence-corrected chi connectivity index (χ0v) is 25.1. The molecule has 10 heteroatoms. The van der Waals surface area contributed by atoms with Gasteiger partial charge in [-0.1, -0.05) is 56.0 Å². The molecule has 0 heterocycles. The lowest BCUT2D eigenvalue weighted by Crippen LogP contribution is -2.37. The van der Waals surface area contributed by atoms with Gasteiger partial charge in [-0.3, -0.25) is 0 Å². The summed E-state index contributed by atoms with van der Waals surface area (Å²) in [6.07, 6.45) is 6.55. The molecular weight excluding hydrogens is 509 g/mol. The van der Waals surface area contributed by atoms with Crippen molar-refractivity contribution in [1.82, 2.24) is 0 Å². The highest BCUT2D eigenvalue weighted by Crippen LogP contribution is 2.33. The van der Waals surface area contributed by atoms with Crippen molar-refractivity contribution >= 4 is 8.60 Å². The first-order chi connectivity index (χ1) is 18.4. The Labute approximate surface area is 232 Å². The van der Waals surface area contributed by atoms with Crippen LogP contribution >= 0.6 is 8.60 Å². The second-order valence-corrected chi connectivity index (χ2v) is 11.2. The molecule has 2 unspecified atom stereocenters. The van der Waals surface area contributed by atoms with E-state index in [1.54, 1.807) is 7.11 Å². The molecule has 0 aliphatic carbocycles. The van der Waals surface area contributed by atoms with Gasteiger partial charge in [0.1, 0.15) is 19.3 Å². The Morgan fingerprint density at radius 2 is 1.32 bits per heavy atom. The summed E-state index contributed by atoms with van der Waals surface area (Å²) in [5.74, 6) is 0. The first kappa shape index (κ1) is 35.3. The highest BCUT2D eigenvalue weighted by molar-refractivity contribution is 7.40. The maximum absolute atomic E-state index is 10.1. The molecule has 0 fully saturated rings. The molecule has 0 saturated carbocycles. The summed E-state index contributed by atoms with van der Waals surface area (Å²) in [5, 5.41) is 0. The second kappa shape index (κ2) is 24.1. The third kappa shape index (κ3) is 23.2. The number of ether oxygens (including phenoxy) is 5. The van der Waals surface area contributed by atoms with Gasteiger partial charge in [-0.05, 0) is 18.4 Å². The van der Waals surface area contributed by atoms with Crippen LogP contribution in [0.25, 0.3) is 0 Å². The number of benzene rings is 1. The molecule has 1 rings (SSSR count). The predicted octanol–water partition coefficient (Wildman–Crippen LogP) is 4.57. The number of unbranched alkanes of at least 4 members (excludes halogenated alkanes) is 5. The van der Waals surface area contributed by atoms with Crippen molar-refractivity contribution in [3.05, 3.63) is 35.9 Å². The fourth-order valence-corrected chi connectivity index (χ4v) is 3.91. The summed E-state index contributed by atoms with van der Waals surface area (Å²) >= 11 is 0.